The van der Waals surface area contributed by atoms with E-state index in [4.69, 9.17) is 10.3 Å². The van der Waals surface area contributed by atoms with Gasteiger partial charge < -0.3 is 10.3 Å². The summed E-state index contributed by atoms with van der Waals surface area (Å²) in [5, 5.41) is 4.15. The van der Waals surface area contributed by atoms with Crippen LogP contribution >= 0.6 is 15.9 Å². The van der Waals surface area contributed by atoms with Crippen LogP contribution in [0.1, 0.15) is 44.0 Å². The molecule has 2 N–H and O–H groups in total. The molecule has 3 rings (SSSR count). The predicted molar refractivity (Wildman–Crippen MR) is 85.7 cm³/mol. The van der Waals surface area contributed by atoms with Crippen molar-refractivity contribution in [2.24, 2.45) is 11.7 Å². The molecule has 1 saturated carbocycles. The van der Waals surface area contributed by atoms with Crippen LogP contribution in [-0.4, -0.2) is 10.1 Å². The standard InChI is InChI=1S/C16H20BrN3O/c1-10-4-3-7-16(18,9-10)15-19-14(21-20-15)12-6-5-11(2)13(17)8-12/h5-6,8,10H,3-4,7,9,18H2,1-2H3. The first-order valence-corrected chi connectivity index (χ1v) is 8.17. The molecule has 1 aliphatic rings. The Labute approximate surface area is 133 Å². The predicted octanol–water partition coefficient (Wildman–Crippen LogP) is 4.17. The van der Waals surface area contributed by atoms with Crippen LogP contribution in [0, 0.1) is 12.8 Å². The third-order valence-corrected chi connectivity index (χ3v) is 5.18. The van der Waals surface area contributed by atoms with E-state index in [2.05, 4.69) is 33.0 Å². The maximum atomic E-state index is 6.52. The molecule has 2 unspecified atom stereocenters. The summed E-state index contributed by atoms with van der Waals surface area (Å²) in [6, 6.07) is 6.02. The highest BCUT2D eigenvalue weighted by Crippen LogP contribution is 2.37. The smallest absolute Gasteiger partial charge is 0.258 e. The highest BCUT2D eigenvalue weighted by Gasteiger charge is 2.37. The van der Waals surface area contributed by atoms with Crippen LogP contribution in [0.5, 0.6) is 0 Å². The van der Waals surface area contributed by atoms with Gasteiger partial charge in [-0.25, -0.2) is 0 Å². The van der Waals surface area contributed by atoms with E-state index in [9.17, 15) is 0 Å². The van der Waals surface area contributed by atoms with Gasteiger partial charge in [-0.3, -0.25) is 0 Å². The lowest BCUT2D eigenvalue weighted by Crippen LogP contribution is -2.42. The maximum absolute atomic E-state index is 6.52. The summed E-state index contributed by atoms with van der Waals surface area (Å²) >= 11 is 3.53. The number of nitrogens with zero attached hydrogens (tertiary/aromatic N) is 2. The van der Waals surface area contributed by atoms with Crippen molar-refractivity contribution in [2.75, 3.05) is 0 Å². The lowest BCUT2D eigenvalue weighted by molar-refractivity contribution is 0.222. The Morgan fingerprint density at radius 1 is 1.43 bits per heavy atom. The molecule has 2 aromatic rings. The van der Waals surface area contributed by atoms with Gasteiger partial charge in [0.1, 0.15) is 0 Å². The minimum absolute atomic E-state index is 0.443. The highest BCUT2D eigenvalue weighted by molar-refractivity contribution is 9.10. The third kappa shape index (κ3) is 2.90. The van der Waals surface area contributed by atoms with Gasteiger partial charge in [-0.1, -0.05) is 46.9 Å². The van der Waals surface area contributed by atoms with E-state index in [-0.39, 0.29) is 0 Å². The van der Waals surface area contributed by atoms with Crippen molar-refractivity contribution in [3.05, 3.63) is 34.1 Å². The Kier molecular flexibility index (Phi) is 3.88. The second-order valence-corrected chi connectivity index (χ2v) is 7.10. The van der Waals surface area contributed by atoms with E-state index in [1.165, 1.54) is 12.0 Å². The molecule has 1 aromatic carbocycles. The zero-order valence-corrected chi connectivity index (χ0v) is 14.0. The quantitative estimate of drug-likeness (QED) is 0.883. The largest absolute Gasteiger partial charge is 0.334 e. The van der Waals surface area contributed by atoms with Gasteiger partial charge in [-0.15, -0.1) is 0 Å². The van der Waals surface area contributed by atoms with Gasteiger partial charge in [0.25, 0.3) is 5.89 Å². The fourth-order valence-corrected chi connectivity index (χ4v) is 3.44. The fourth-order valence-electron chi connectivity index (χ4n) is 3.06. The third-order valence-electron chi connectivity index (χ3n) is 4.32. The summed E-state index contributed by atoms with van der Waals surface area (Å²) in [4.78, 5) is 4.56. The summed E-state index contributed by atoms with van der Waals surface area (Å²) in [5.74, 6) is 1.79. The van der Waals surface area contributed by atoms with Crippen LogP contribution in [0.25, 0.3) is 11.5 Å². The van der Waals surface area contributed by atoms with Crippen LogP contribution in [0.4, 0.5) is 0 Å². The molecule has 0 bridgehead atoms. The normalized spacial score (nSPS) is 26.0. The van der Waals surface area contributed by atoms with Gasteiger partial charge in [0, 0.05) is 10.0 Å². The van der Waals surface area contributed by atoms with Gasteiger partial charge >= 0.3 is 0 Å². The molecule has 1 aliphatic carbocycles. The summed E-state index contributed by atoms with van der Waals surface area (Å²) in [6.07, 6.45) is 4.20. The van der Waals surface area contributed by atoms with Crippen molar-refractivity contribution in [1.82, 2.24) is 10.1 Å². The number of aromatic nitrogens is 2. The Morgan fingerprint density at radius 2 is 2.24 bits per heavy atom. The van der Waals surface area contributed by atoms with Crippen molar-refractivity contribution >= 4 is 15.9 Å². The number of benzene rings is 1. The molecule has 112 valence electrons. The molecule has 1 aromatic heterocycles. The van der Waals surface area contributed by atoms with Crippen molar-refractivity contribution in [1.29, 1.82) is 0 Å². The lowest BCUT2D eigenvalue weighted by atomic mass is 9.76. The number of aryl methyl sites for hydroxylation is 1. The van der Waals surface area contributed by atoms with Gasteiger partial charge in [-0.2, -0.15) is 4.98 Å². The Hall–Kier alpha value is -1.20. The van der Waals surface area contributed by atoms with Crippen LogP contribution in [0.2, 0.25) is 0 Å². The zero-order valence-electron chi connectivity index (χ0n) is 12.4. The second kappa shape index (κ2) is 5.54. The Bertz CT molecular complexity index is 655. The van der Waals surface area contributed by atoms with Crippen molar-refractivity contribution in [3.8, 4) is 11.5 Å². The molecule has 5 heteroatoms. The SMILES string of the molecule is Cc1ccc(-c2nc(C3(N)CCCC(C)C3)no2)cc1Br. The van der Waals surface area contributed by atoms with Crippen molar-refractivity contribution in [3.63, 3.8) is 0 Å². The van der Waals surface area contributed by atoms with Crippen LogP contribution in [0.15, 0.2) is 27.2 Å². The highest BCUT2D eigenvalue weighted by atomic mass is 79.9. The molecule has 1 heterocycles. The molecule has 4 nitrogen and oxygen atoms in total. The van der Waals surface area contributed by atoms with Crippen LogP contribution in [0.3, 0.4) is 0 Å². The first-order chi connectivity index (χ1) is 9.98. The lowest BCUT2D eigenvalue weighted by Gasteiger charge is -2.33. The Balaban J connectivity index is 1.90. The number of rotatable bonds is 2. The van der Waals surface area contributed by atoms with Crippen molar-refractivity contribution in [2.45, 2.75) is 45.1 Å². The molecular weight excluding hydrogens is 330 g/mol. The van der Waals surface area contributed by atoms with E-state index in [0.29, 0.717) is 17.6 Å². The van der Waals surface area contributed by atoms with Gasteiger partial charge in [0.05, 0.1) is 5.54 Å². The van der Waals surface area contributed by atoms with E-state index >= 15 is 0 Å². The average Bonchev–Trinajstić information content (AvgIpc) is 2.92. The Morgan fingerprint density at radius 3 is 2.95 bits per heavy atom. The fraction of sp³-hybridized carbons (Fsp3) is 0.500. The van der Waals surface area contributed by atoms with Gasteiger partial charge in [0.2, 0.25) is 0 Å². The molecule has 0 aliphatic heterocycles. The summed E-state index contributed by atoms with van der Waals surface area (Å²) in [5.41, 5.74) is 8.17. The number of halogens is 1. The minimum Gasteiger partial charge on any atom is -0.334 e. The second-order valence-electron chi connectivity index (χ2n) is 6.24. The first-order valence-electron chi connectivity index (χ1n) is 7.37. The van der Waals surface area contributed by atoms with E-state index < -0.39 is 5.54 Å². The monoisotopic (exact) mass is 349 g/mol. The first kappa shape index (κ1) is 14.7. The van der Waals surface area contributed by atoms with Crippen molar-refractivity contribution < 1.29 is 4.52 Å². The van der Waals surface area contributed by atoms with Crippen LogP contribution in [-0.2, 0) is 5.54 Å². The molecule has 0 radical (unpaired) electrons. The van der Waals surface area contributed by atoms with E-state index in [0.717, 1.165) is 29.3 Å². The topological polar surface area (TPSA) is 64.9 Å². The van der Waals surface area contributed by atoms with Crippen LogP contribution < -0.4 is 5.73 Å². The maximum Gasteiger partial charge on any atom is 0.258 e. The average molecular weight is 350 g/mol. The number of hydrogen-bond donors (Lipinski definition) is 1. The molecule has 1 fully saturated rings. The molecular formula is C16H20BrN3O. The number of nitrogens with two attached hydrogens (primary N) is 1. The van der Waals surface area contributed by atoms with Gasteiger partial charge in [0.15, 0.2) is 5.82 Å². The summed E-state index contributed by atoms with van der Waals surface area (Å²) < 4.78 is 6.47. The van der Waals surface area contributed by atoms with E-state index in [1.54, 1.807) is 0 Å². The van der Waals surface area contributed by atoms with E-state index in [1.807, 2.05) is 25.1 Å². The minimum atomic E-state index is -0.443. The molecule has 21 heavy (non-hydrogen) atoms. The van der Waals surface area contributed by atoms with Gasteiger partial charge in [-0.05, 0) is 43.4 Å². The molecule has 2 atom stereocenters. The summed E-state index contributed by atoms with van der Waals surface area (Å²) in [6.45, 7) is 4.28. The molecule has 0 saturated heterocycles. The summed E-state index contributed by atoms with van der Waals surface area (Å²) in [7, 11) is 0. The molecule has 0 spiro atoms. The zero-order chi connectivity index (χ0) is 15.0. The number of hydrogen-bond acceptors (Lipinski definition) is 4. The molecule has 0 amide bonds.